The summed E-state index contributed by atoms with van der Waals surface area (Å²) in [5.41, 5.74) is 3.90. The molecule has 2 aromatic carbocycles. The first-order chi connectivity index (χ1) is 14.4. The second kappa shape index (κ2) is 8.10. The van der Waals surface area contributed by atoms with Crippen LogP contribution in [0.15, 0.2) is 73.1 Å². The Morgan fingerprint density at radius 2 is 1.80 bits per heavy atom. The van der Waals surface area contributed by atoms with Crippen molar-refractivity contribution < 1.29 is 17.9 Å². The van der Waals surface area contributed by atoms with E-state index >= 15 is 0 Å². The third-order valence-corrected chi connectivity index (χ3v) is 4.60. The molecule has 0 spiro atoms. The number of rotatable bonds is 6. The lowest BCUT2D eigenvalue weighted by atomic mass is 10.1. The van der Waals surface area contributed by atoms with Gasteiger partial charge in [0.05, 0.1) is 30.2 Å². The number of imidazole rings is 1. The summed E-state index contributed by atoms with van der Waals surface area (Å²) in [6.07, 6.45) is -1.66. The fourth-order valence-electron chi connectivity index (χ4n) is 3.23. The summed E-state index contributed by atoms with van der Waals surface area (Å²) in [7, 11) is 0. The SMILES string of the molecule is Cc1cccc(-c2cnc3c(NCCC(F)(F)F)cc(Oc4ccccc4)cn23)c1. The van der Waals surface area contributed by atoms with Crippen molar-refractivity contribution in [2.45, 2.75) is 19.5 Å². The van der Waals surface area contributed by atoms with E-state index in [1.807, 2.05) is 65.9 Å². The van der Waals surface area contributed by atoms with Gasteiger partial charge >= 0.3 is 6.18 Å². The Morgan fingerprint density at radius 1 is 1.00 bits per heavy atom. The van der Waals surface area contributed by atoms with Crippen LogP contribution in [0.3, 0.4) is 0 Å². The first-order valence-corrected chi connectivity index (χ1v) is 9.51. The van der Waals surface area contributed by atoms with Crippen LogP contribution in [0.4, 0.5) is 18.9 Å². The van der Waals surface area contributed by atoms with Crippen LogP contribution in [0.25, 0.3) is 16.9 Å². The van der Waals surface area contributed by atoms with Crippen LogP contribution in [0.2, 0.25) is 0 Å². The normalized spacial score (nSPS) is 11.6. The van der Waals surface area contributed by atoms with E-state index in [4.69, 9.17) is 4.74 Å². The summed E-state index contributed by atoms with van der Waals surface area (Å²) < 4.78 is 45.6. The molecule has 2 aromatic heterocycles. The summed E-state index contributed by atoms with van der Waals surface area (Å²) in [5, 5.41) is 2.86. The maximum atomic E-state index is 12.6. The van der Waals surface area contributed by atoms with Gasteiger partial charge in [-0.3, -0.25) is 4.40 Å². The Bertz CT molecular complexity index is 1150. The summed E-state index contributed by atoms with van der Waals surface area (Å²) in [6.45, 7) is 1.75. The maximum Gasteiger partial charge on any atom is 0.390 e. The van der Waals surface area contributed by atoms with Crippen molar-refractivity contribution in [3.63, 3.8) is 0 Å². The smallest absolute Gasteiger partial charge is 0.390 e. The Morgan fingerprint density at radius 3 is 2.53 bits per heavy atom. The highest BCUT2D eigenvalue weighted by Crippen LogP contribution is 2.31. The molecule has 0 bridgehead atoms. The number of para-hydroxylation sites is 1. The molecule has 0 saturated carbocycles. The Labute approximate surface area is 172 Å². The Hall–Kier alpha value is -3.48. The van der Waals surface area contributed by atoms with Crippen LogP contribution in [-0.4, -0.2) is 22.1 Å². The van der Waals surface area contributed by atoms with Gasteiger partial charge in [0.1, 0.15) is 11.5 Å². The van der Waals surface area contributed by atoms with Gasteiger partial charge in [0.2, 0.25) is 0 Å². The van der Waals surface area contributed by atoms with Gasteiger partial charge < -0.3 is 10.1 Å². The number of hydrogen-bond acceptors (Lipinski definition) is 3. The number of benzene rings is 2. The van der Waals surface area contributed by atoms with Gasteiger partial charge in [-0.05, 0) is 25.1 Å². The first-order valence-electron chi connectivity index (χ1n) is 9.51. The molecule has 30 heavy (non-hydrogen) atoms. The van der Waals surface area contributed by atoms with Gasteiger partial charge in [0.15, 0.2) is 5.65 Å². The van der Waals surface area contributed by atoms with E-state index in [1.54, 1.807) is 18.5 Å². The quantitative estimate of drug-likeness (QED) is 0.395. The van der Waals surface area contributed by atoms with Gasteiger partial charge in [0, 0.05) is 18.2 Å². The molecule has 2 heterocycles. The number of ether oxygens (including phenoxy) is 1. The zero-order valence-electron chi connectivity index (χ0n) is 16.3. The van der Waals surface area contributed by atoms with Crippen molar-refractivity contribution in [3.05, 3.63) is 78.6 Å². The number of fused-ring (bicyclic) bond motifs is 1. The van der Waals surface area contributed by atoms with Gasteiger partial charge in [-0.25, -0.2) is 4.98 Å². The van der Waals surface area contributed by atoms with Crippen molar-refractivity contribution in [1.82, 2.24) is 9.38 Å². The van der Waals surface area contributed by atoms with Crippen molar-refractivity contribution in [2.75, 3.05) is 11.9 Å². The summed E-state index contributed by atoms with van der Waals surface area (Å²) in [4.78, 5) is 4.45. The number of halogens is 3. The lowest BCUT2D eigenvalue weighted by Gasteiger charge is -2.13. The average Bonchev–Trinajstić information content (AvgIpc) is 3.12. The zero-order chi connectivity index (χ0) is 21.1. The van der Waals surface area contributed by atoms with Crippen molar-refractivity contribution >= 4 is 11.3 Å². The fraction of sp³-hybridized carbons (Fsp3) is 0.174. The summed E-state index contributed by atoms with van der Waals surface area (Å²) in [6, 6.07) is 18.8. The predicted molar refractivity (Wildman–Crippen MR) is 111 cm³/mol. The number of hydrogen-bond donors (Lipinski definition) is 1. The Kier molecular flexibility index (Phi) is 5.35. The highest BCUT2D eigenvalue weighted by atomic mass is 19.4. The molecule has 0 unspecified atom stereocenters. The van der Waals surface area contributed by atoms with Crippen molar-refractivity contribution in [1.29, 1.82) is 0 Å². The van der Waals surface area contributed by atoms with Gasteiger partial charge in [-0.15, -0.1) is 0 Å². The molecule has 0 aliphatic heterocycles. The molecular weight excluding hydrogens is 391 g/mol. The lowest BCUT2D eigenvalue weighted by molar-refractivity contribution is -0.131. The van der Waals surface area contributed by atoms with Gasteiger partial charge in [0.25, 0.3) is 0 Å². The van der Waals surface area contributed by atoms with Crippen LogP contribution < -0.4 is 10.1 Å². The molecular formula is C23H20F3N3O. The topological polar surface area (TPSA) is 38.6 Å². The molecule has 0 aliphatic carbocycles. The minimum absolute atomic E-state index is 0.249. The number of alkyl halides is 3. The van der Waals surface area contributed by atoms with Crippen molar-refractivity contribution in [3.8, 4) is 22.8 Å². The van der Waals surface area contributed by atoms with E-state index in [9.17, 15) is 13.2 Å². The van der Waals surface area contributed by atoms with E-state index in [-0.39, 0.29) is 6.54 Å². The largest absolute Gasteiger partial charge is 0.456 e. The highest BCUT2D eigenvalue weighted by Gasteiger charge is 2.26. The molecule has 0 radical (unpaired) electrons. The predicted octanol–water partition coefficient (Wildman–Crippen LogP) is 6.47. The second-order valence-electron chi connectivity index (χ2n) is 7.00. The molecule has 4 rings (SSSR count). The van der Waals surface area contributed by atoms with Gasteiger partial charge in [-0.1, -0.05) is 42.0 Å². The molecule has 0 aliphatic rings. The lowest BCUT2D eigenvalue weighted by Crippen LogP contribution is -2.15. The molecule has 0 saturated heterocycles. The number of pyridine rings is 1. The van der Waals surface area contributed by atoms with E-state index < -0.39 is 12.6 Å². The molecule has 154 valence electrons. The monoisotopic (exact) mass is 411 g/mol. The fourth-order valence-corrected chi connectivity index (χ4v) is 3.23. The summed E-state index contributed by atoms with van der Waals surface area (Å²) in [5.74, 6) is 1.13. The number of aromatic nitrogens is 2. The van der Waals surface area contributed by atoms with Gasteiger partial charge in [-0.2, -0.15) is 13.2 Å². The van der Waals surface area contributed by atoms with E-state index in [0.29, 0.717) is 22.8 Å². The number of aryl methyl sites for hydroxylation is 1. The maximum absolute atomic E-state index is 12.6. The Balaban J connectivity index is 1.76. The van der Waals surface area contributed by atoms with Crippen LogP contribution in [0.5, 0.6) is 11.5 Å². The molecule has 4 aromatic rings. The number of nitrogens with one attached hydrogen (secondary N) is 1. The highest BCUT2D eigenvalue weighted by molar-refractivity contribution is 5.75. The van der Waals surface area contributed by atoms with E-state index in [0.717, 1.165) is 16.8 Å². The van der Waals surface area contributed by atoms with Crippen LogP contribution >= 0.6 is 0 Å². The minimum atomic E-state index is -4.23. The molecule has 0 atom stereocenters. The first kappa shape index (κ1) is 19.8. The van der Waals surface area contributed by atoms with E-state index in [1.165, 1.54) is 0 Å². The average molecular weight is 411 g/mol. The van der Waals surface area contributed by atoms with Crippen LogP contribution in [0, 0.1) is 6.92 Å². The second-order valence-corrected chi connectivity index (χ2v) is 7.00. The number of nitrogens with zero attached hydrogens (tertiary/aromatic N) is 2. The standard InChI is InChI=1S/C23H20F3N3O/c1-16-6-5-7-17(12-16)21-14-28-22-20(27-11-10-23(24,25)26)13-19(15-29(21)22)30-18-8-3-2-4-9-18/h2-9,12-15,27H,10-11H2,1H3. The molecule has 4 nitrogen and oxygen atoms in total. The summed E-state index contributed by atoms with van der Waals surface area (Å²) >= 11 is 0. The third kappa shape index (κ3) is 4.56. The van der Waals surface area contributed by atoms with Crippen LogP contribution in [-0.2, 0) is 0 Å². The minimum Gasteiger partial charge on any atom is -0.456 e. The molecule has 1 N–H and O–H groups in total. The van der Waals surface area contributed by atoms with Crippen LogP contribution in [0.1, 0.15) is 12.0 Å². The molecule has 0 fully saturated rings. The van der Waals surface area contributed by atoms with E-state index in [2.05, 4.69) is 10.3 Å². The number of anilines is 1. The molecule has 7 heteroatoms. The molecule has 0 amide bonds. The third-order valence-electron chi connectivity index (χ3n) is 4.60. The van der Waals surface area contributed by atoms with Crippen molar-refractivity contribution in [2.24, 2.45) is 0 Å². The zero-order valence-corrected chi connectivity index (χ0v) is 16.3.